The minimum atomic E-state index is -3.64. The van der Waals surface area contributed by atoms with Crippen LogP contribution < -0.4 is 5.32 Å². The molecule has 0 spiro atoms. The van der Waals surface area contributed by atoms with E-state index in [1.165, 1.54) is 10.4 Å². The highest BCUT2D eigenvalue weighted by molar-refractivity contribution is 8.18. The summed E-state index contributed by atoms with van der Waals surface area (Å²) < 4.78 is 27.0. The zero-order valence-corrected chi connectivity index (χ0v) is 14.7. The monoisotopic (exact) mass is 364 g/mol. The molecule has 2 heterocycles. The van der Waals surface area contributed by atoms with E-state index in [0.717, 1.165) is 17.3 Å². The smallest absolute Gasteiger partial charge is 0.282 e. The van der Waals surface area contributed by atoms with Gasteiger partial charge in [0, 0.05) is 18.7 Å². The molecule has 1 saturated heterocycles. The van der Waals surface area contributed by atoms with Gasteiger partial charge in [-0.3, -0.25) is 14.9 Å². The molecule has 0 atom stereocenters. The first kappa shape index (κ1) is 16.9. The number of hydrogen-bond acceptors (Lipinski definition) is 5. The van der Waals surface area contributed by atoms with Gasteiger partial charge in [0.2, 0.25) is 10.0 Å². The van der Waals surface area contributed by atoms with Crippen molar-refractivity contribution in [2.24, 2.45) is 0 Å². The molecule has 1 fully saturated rings. The van der Waals surface area contributed by atoms with E-state index in [1.54, 1.807) is 18.2 Å². The normalized spacial score (nSPS) is 23.0. The van der Waals surface area contributed by atoms with E-state index in [-0.39, 0.29) is 22.9 Å². The van der Waals surface area contributed by atoms with E-state index < -0.39 is 21.2 Å². The van der Waals surface area contributed by atoms with Crippen molar-refractivity contribution in [1.82, 2.24) is 9.62 Å². The van der Waals surface area contributed by atoms with Crippen LogP contribution in [-0.4, -0.2) is 37.0 Å². The van der Waals surface area contributed by atoms with E-state index in [0.29, 0.717) is 17.6 Å². The largest absolute Gasteiger partial charge is 0.290 e. The Morgan fingerprint density at radius 2 is 2.04 bits per heavy atom. The standard InChI is InChI=1S/C16H16N2O4S2/c1-10(2)7-8-18-9-12(14-15(19)17-16(20)23-14)11-5-3-4-6-13(11)24(18,21)22/h3-6H,1,7-9H2,2H3,(H,17,19,20)/b14-12-. The highest BCUT2D eigenvalue weighted by Crippen LogP contribution is 2.39. The van der Waals surface area contributed by atoms with Crippen molar-refractivity contribution in [3.63, 3.8) is 0 Å². The predicted octanol–water partition coefficient (Wildman–Crippen LogP) is 2.35. The average molecular weight is 364 g/mol. The van der Waals surface area contributed by atoms with Gasteiger partial charge in [-0.25, -0.2) is 8.42 Å². The minimum absolute atomic E-state index is 0.0651. The third-order valence-electron chi connectivity index (χ3n) is 3.84. The first-order valence-electron chi connectivity index (χ1n) is 7.31. The van der Waals surface area contributed by atoms with E-state index in [1.807, 2.05) is 6.92 Å². The summed E-state index contributed by atoms with van der Waals surface area (Å²) in [6, 6.07) is 6.56. The maximum atomic E-state index is 12.8. The summed E-state index contributed by atoms with van der Waals surface area (Å²) in [6.45, 7) is 5.99. The molecule has 2 aliphatic heterocycles. The SMILES string of the molecule is C=C(C)CCN1C/C(=C2/SC(=O)NC2=O)c2ccccc2S1(=O)=O. The Balaban J connectivity index is 2.14. The van der Waals surface area contributed by atoms with Crippen molar-refractivity contribution in [2.75, 3.05) is 13.1 Å². The summed E-state index contributed by atoms with van der Waals surface area (Å²) >= 11 is 0.811. The summed E-state index contributed by atoms with van der Waals surface area (Å²) in [6.07, 6.45) is 0.530. The molecule has 0 aliphatic carbocycles. The molecule has 0 saturated carbocycles. The molecule has 2 amide bonds. The lowest BCUT2D eigenvalue weighted by Crippen LogP contribution is -2.38. The number of amides is 2. The van der Waals surface area contributed by atoms with Gasteiger partial charge in [0.15, 0.2) is 0 Å². The summed E-state index contributed by atoms with van der Waals surface area (Å²) in [7, 11) is -3.64. The molecule has 126 valence electrons. The van der Waals surface area contributed by atoms with Gasteiger partial charge in [-0.1, -0.05) is 23.8 Å². The van der Waals surface area contributed by atoms with Crippen molar-refractivity contribution in [2.45, 2.75) is 18.2 Å². The topological polar surface area (TPSA) is 83.6 Å². The number of nitrogens with zero attached hydrogens (tertiary/aromatic N) is 1. The van der Waals surface area contributed by atoms with E-state index in [2.05, 4.69) is 11.9 Å². The number of nitrogens with one attached hydrogen (secondary N) is 1. The lowest BCUT2D eigenvalue weighted by molar-refractivity contribution is -0.115. The minimum Gasteiger partial charge on any atom is -0.282 e. The van der Waals surface area contributed by atoms with E-state index in [4.69, 9.17) is 0 Å². The Kier molecular flexibility index (Phi) is 4.37. The van der Waals surface area contributed by atoms with E-state index >= 15 is 0 Å². The van der Waals surface area contributed by atoms with Crippen molar-refractivity contribution >= 4 is 38.5 Å². The van der Waals surface area contributed by atoms with Crippen LogP contribution in [0.5, 0.6) is 0 Å². The Labute approximate surface area is 144 Å². The van der Waals surface area contributed by atoms with Gasteiger partial charge in [0.05, 0.1) is 9.80 Å². The predicted molar refractivity (Wildman–Crippen MR) is 92.7 cm³/mol. The second kappa shape index (κ2) is 6.19. The van der Waals surface area contributed by atoms with Crippen molar-refractivity contribution in [3.8, 4) is 0 Å². The zero-order valence-electron chi connectivity index (χ0n) is 13.0. The average Bonchev–Trinajstić information content (AvgIpc) is 2.85. The number of imide groups is 1. The fourth-order valence-corrected chi connectivity index (χ4v) is 5.05. The second-order valence-electron chi connectivity index (χ2n) is 5.69. The lowest BCUT2D eigenvalue weighted by Gasteiger charge is -2.30. The molecule has 0 aromatic heterocycles. The summed E-state index contributed by atoms with van der Waals surface area (Å²) in [5, 5.41) is 1.78. The third kappa shape index (κ3) is 2.92. The third-order valence-corrected chi connectivity index (χ3v) is 6.67. The van der Waals surface area contributed by atoms with Crippen LogP contribution in [-0.2, 0) is 14.8 Å². The Morgan fingerprint density at radius 3 is 2.67 bits per heavy atom. The van der Waals surface area contributed by atoms with Gasteiger partial charge in [0.25, 0.3) is 11.1 Å². The molecule has 2 aliphatic rings. The second-order valence-corrected chi connectivity index (χ2v) is 8.58. The number of carbonyl (C=O) groups excluding carboxylic acids is 2. The lowest BCUT2D eigenvalue weighted by atomic mass is 10.0. The van der Waals surface area contributed by atoms with Gasteiger partial charge in [-0.05, 0) is 36.7 Å². The number of rotatable bonds is 3. The van der Waals surface area contributed by atoms with Crippen LogP contribution >= 0.6 is 11.8 Å². The fourth-order valence-electron chi connectivity index (χ4n) is 2.65. The maximum Gasteiger partial charge on any atom is 0.290 e. The number of benzene rings is 1. The molecule has 1 aromatic rings. The van der Waals surface area contributed by atoms with Gasteiger partial charge in [0.1, 0.15) is 0 Å². The molecule has 0 bridgehead atoms. The Morgan fingerprint density at radius 1 is 1.33 bits per heavy atom. The zero-order chi connectivity index (χ0) is 17.5. The number of hydrogen-bond donors (Lipinski definition) is 1. The van der Waals surface area contributed by atoms with Gasteiger partial charge < -0.3 is 0 Å². The molecule has 6 nitrogen and oxygen atoms in total. The van der Waals surface area contributed by atoms with Crippen molar-refractivity contribution in [3.05, 3.63) is 46.9 Å². The first-order chi connectivity index (χ1) is 11.3. The molecule has 3 rings (SSSR count). The van der Waals surface area contributed by atoms with Crippen LogP contribution in [0.2, 0.25) is 0 Å². The summed E-state index contributed by atoms with van der Waals surface area (Å²) in [4.78, 5) is 24.0. The number of sulfonamides is 1. The highest BCUT2D eigenvalue weighted by atomic mass is 32.2. The Bertz CT molecular complexity index is 887. The molecule has 1 aromatic carbocycles. The van der Waals surface area contributed by atoms with E-state index in [9.17, 15) is 18.0 Å². The highest BCUT2D eigenvalue weighted by Gasteiger charge is 2.38. The first-order valence-corrected chi connectivity index (χ1v) is 9.56. The summed E-state index contributed by atoms with van der Waals surface area (Å²) in [5.41, 5.74) is 1.92. The van der Waals surface area contributed by atoms with Crippen LogP contribution in [0.4, 0.5) is 4.79 Å². The molecule has 0 radical (unpaired) electrons. The van der Waals surface area contributed by atoms with Crippen LogP contribution in [0.1, 0.15) is 18.9 Å². The number of carbonyl (C=O) groups is 2. The van der Waals surface area contributed by atoms with Gasteiger partial charge in [-0.2, -0.15) is 4.31 Å². The maximum absolute atomic E-state index is 12.8. The van der Waals surface area contributed by atoms with Gasteiger partial charge >= 0.3 is 0 Å². The fraction of sp³-hybridized carbons (Fsp3) is 0.250. The quantitative estimate of drug-likeness (QED) is 0.657. The molecular formula is C16H16N2O4S2. The van der Waals surface area contributed by atoms with Crippen LogP contribution in [0.25, 0.3) is 5.57 Å². The summed E-state index contributed by atoms with van der Waals surface area (Å²) in [5.74, 6) is -0.478. The molecule has 1 N–H and O–H groups in total. The van der Waals surface area contributed by atoms with Crippen molar-refractivity contribution < 1.29 is 18.0 Å². The number of thioether (sulfide) groups is 1. The number of fused-ring (bicyclic) bond motifs is 1. The molecule has 24 heavy (non-hydrogen) atoms. The van der Waals surface area contributed by atoms with Crippen LogP contribution in [0.3, 0.4) is 0 Å². The molecule has 8 heteroatoms. The van der Waals surface area contributed by atoms with Gasteiger partial charge in [-0.15, -0.1) is 6.58 Å². The van der Waals surface area contributed by atoms with Crippen LogP contribution in [0, 0.1) is 0 Å². The molecular weight excluding hydrogens is 348 g/mol. The van der Waals surface area contributed by atoms with Crippen LogP contribution in [0.15, 0.2) is 46.2 Å². The molecule has 0 unspecified atom stereocenters. The Hall–Kier alpha value is -1.90. The van der Waals surface area contributed by atoms with Crippen molar-refractivity contribution in [1.29, 1.82) is 0 Å².